The summed E-state index contributed by atoms with van der Waals surface area (Å²) in [6.07, 6.45) is 2.58. The van der Waals surface area contributed by atoms with Gasteiger partial charge in [0.15, 0.2) is 0 Å². The first-order valence-corrected chi connectivity index (χ1v) is 6.03. The molecule has 0 saturated heterocycles. The van der Waals surface area contributed by atoms with Crippen LogP contribution in [0.2, 0.25) is 0 Å². The lowest BCUT2D eigenvalue weighted by Gasteiger charge is -2.26. The summed E-state index contributed by atoms with van der Waals surface area (Å²) in [5.41, 5.74) is 0.588. The summed E-state index contributed by atoms with van der Waals surface area (Å²) in [5, 5.41) is 0. The Morgan fingerprint density at radius 2 is 1.75 bits per heavy atom. The van der Waals surface area contributed by atoms with E-state index in [1.807, 2.05) is 6.92 Å². The van der Waals surface area contributed by atoms with E-state index in [2.05, 4.69) is 6.92 Å². The minimum Gasteiger partial charge on any atom is -0.207 e. The van der Waals surface area contributed by atoms with E-state index in [1.165, 1.54) is 12.1 Å². The maximum atomic E-state index is 13.0. The van der Waals surface area contributed by atoms with Crippen LogP contribution in [0.1, 0.15) is 32.3 Å². The Balaban J connectivity index is 2.85. The summed E-state index contributed by atoms with van der Waals surface area (Å²) >= 11 is 5.93. The van der Waals surface area contributed by atoms with Gasteiger partial charge in [-0.15, -0.1) is 11.6 Å². The van der Waals surface area contributed by atoms with Gasteiger partial charge in [0.2, 0.25) is 0 Å². The van der Waals surface area contributed by atoms with Crippen LogP contribution in [0.15, 0.2) is 18.2 Å². The molecule has 0 amide bonds. The van der Waals surface area contributed by atoms with Crippen molar-refractivity contribution in [2.24, 2.45) is 5.41 Å². The summed E-state index contributed by atoms with van der Waals surface area (Å²) in [6, 6.07) is 3.65. The van der Waals surface area contributed by atoms with Crippen LogP contribution < -0.4 is 0 Å². The molecule has 0 fully saturated rings. The first-order valence-electron chi connectivity index (χ1n) is 5.50. The number of hydrogen-bond acceptors (Lipinski definition) is 0. The Kier molecular flexibility index (Phi) is 4.72. The van der Waals surface area contributed by atoms with Crippen molar-refractivity contribution in [1.82, 2.24) is 0 Å². The van der Waals surface area contributed by atoms with Crippen molar-refractivity contribution in [3.63, 3.8) is 0 Å². The third-order valence-electron chi connectivity index (χ3n) is 2.73. The first kappa shape index (κ1) is 13.4. The topological polar surface area (TPSA) is 0 Å². The summed E-state index contributed by atoms with van der Waals surface area (Å²) in [7, 11) is 0. The average molecular weight is 247 g/mol. The molecule has 0 bridgehead atoms. The third-order valence-corrected chi connectivity index (χ3v) is 3.37. The van der Waals surface area contributed by atoms with Gasteiger partial charge in [-0.05, 0) is 36.0 Å². The molecule has 1 aromatic carbocycles. The van der Waals surface area contributed by atoms with Gasteiger partial charge in [0, 0.05) is 11.9 Å². The molecule has 0 saturated carbocycles. The van der Waals surface area contributed by atoms with Crippen LogP contribution in [0.5, 0.6) is 0 Å². The fraction of sp³-hybridized carbons (Fsp3) is 0.538. The largest absolute Gasteiger partial charge is 0.207 e. The van der Waals surface area contributed by atoms with Crippen LogP contribution in [-0.2, 0) is 6.42 Å². The minimum absolute atomic E-state index is 0.0868. The first-order chi connectivity index (χ1) is 7.49. The Bertz CT molecular complexity index is 332. The molecule has 0 spiro atoms. The Hall–Kier alpha value is -0.630. The predicted octanol–water partition coefficient (Wildman–Crippen LogP) is 4.55. The summed E-state index contributed by atoms with van der Waals surface area (Å²) < 4.78 is 26.0. The third kappa shape index (κ3) is 3.75. The molecule has 1 unspecified atom stereocenters. The number of hydrogen-bond donors (Lipinski definition) is 0. The molecule has 1 aromatic rings. The van der Waals surface area contributed by atoms with Gasteiger partial charge >= 0.3 is 0 Å². The lowest BCUT2D eigenvalue weighted by Crippen LogP contribution is -2.21. The van der Waals surface area contributed by atoms with Gasteiger partial charge in [-0.25, -0.2) is 8.78 Å². The van der Waals surface area contributed by atoms with Crippen molar-refractivity contribution >= 4 is 11.6 Å². The zero-order valence-electron chi connectivity index (χ0n) is 9.69. The smallest absolute Gasteiger partial charge is 0.126 e. The van der Waals surface area contributed by atoms with Crippen LogP contribution in [0.4, 0.5) is 8.78 Å². The van der Waals surface area contributed by atoms with Gasteiger partial charge in [0.05, 0.1) is 0 Å². The zero-order valence-corrected chi connectivity index (χ0v) is 10.5. The van der Waals surface area contributed by atoms with E-state index in [-0.39, 0.29) is 5.41 Å². The maximum absolute atomic E-state index is 13.0. The molecule has 0 N–H and O–H groups in total. The van der Waals surface area contributed by atoms with Crippen molar-refractivity contribution < 1.29 is 8.78 Å². The van der Waals surface area contributed by atoms with E-state index >= 15 is 0 Å². The lowest BCUT2D eigenvalue weighted by molar-refractivity contribution is 0.334. The lowest BCUT2D eigenvalue weighted by atomic mass is 9.81. The highest BCUT2D eigenvalue weighted by molar-refractivity contribution is 6.18. The van der Waals surface area contributed by atoms with E-state index in [4.69, 9.17) is 11.6 Å². The van der Waals surface area contributed by atoms with Crippen LogP contribution in [-0.4, -0.2) is 5.88 Å². The second kappa shape index (κ2) is 5.62. The van der Waals surface area contributed by atoms with E-state index in [1.54, 1.807) is 0 Å². The van der Waals surface area contributed by atoms with Crippen LogP contribution in [0, 0.1) is 17.0 Å². The van der Waals surface area contributed by atoms with Crippen molar-refractivity contribution in [2.75, 3.05) is 5.88 Å². The normalized spacial score (nSPS) is 14.8. The molecule has 0 heterocycles. The van der Waals surface area contributed by atoms with E-state index < -0.39 is 11.6 Å². The molecule has 3 heteroatoms. The number of benzene rings is 1. The molecule has 90 valence electrons. The van der Waals surface area contributed by atoms with Crippen LogP contribution >= 0.6 is 11.6 Å². The molecule has 0 aliphatic rings. The number of rotatable bonds is 5. The molecule has 16 heavy (non-hydrogen) atoms. The van der Waals surface area contributed by atoms with Crippen molar-refractivity contribution in [1.29, 1.82) is 0 Å². The maximum Gasteiger partial charge on any atom is 0.126 e. The summed E-state index contributed by atoms with van der Waals surface area (Å²) in [4.78, 5) is 0. The quantitative estimate of drug-likeness (QED) is 0.669. The van der Waals surface area contributed by atoms with Crippen molar-refractivity contribution in [3.05, 3.63) is 35.4 Å². The Labute approximate surface area is 101 Å². The molecule has 1 rings (SSSR count). The highest BCUT2D eigenvalue weighted by Crippen LogP contribution is 2.30. The molecule has 0 radical (unpaired) electrons. The predicted molar refractivity (Wildman–Crippen MR) is 63.8 cm³/mol. The minimum atomic E-state index is -0.525. The second-order valence-electron chi connectivity index (χ2n) is 4.65. The van der Waals surface area contributed by atoms with Gasteiger partial charge in [0.1, 0.15) is 11.6 Å². The fourth-order valence-electron chi connectivity index (χ4n) is 2.01. The standard InChI is InChI=1S/C13H17ClF2/c1-3-4-13(2,9-14)8-10-5-11(15)7-12(16)6-10/h5-7H,3-4,8-9H2,1-2H3. The molecule has 0 aliphatic carbocycles. The van der Waals surface area contributed by atoms with E-state index in [0.717, 1.165) is 18.9 Å². The highest BCUT2D eigenvalue weighted by atomic mass is 35.5. The van der Waals surface area contributed by atoms with Gasteiger partial charge in [-0.1, -0.05) is 20.3 Å². The van der Waals surface area contributed by atoms with Gasteiger partial charge in [-0.3, -0.25) is 0 Å². The molecule has 0 aliphatic heterocycles. The monoisotopic (exact) mass is 246 g/mol. The molecule has 1 atom stereocenters. The van der Waals surface area contributed by atoms with Gasteiger partial charge in [-0.2, -0.15) is 0 Å². The van der Waals surface area contributed by atoms with Gasteiger partial charge < -0.3 is 0 Å². The summed E-state index contributed by atoms with van der Waals surface area (Å²) in [6.45, 7) is 4.13. The van der Waals surface area contributed by atoms with Crippen molar-refractivity contribution in [2.45, 2.75) is 33.1 Å². The number of halogens is 3. The molecule has 0 aromatic heterocycles. The summed E-state index contributed by atoms with van der Waals surface area (Å²) in [5.74, 6) is -0.550. The molecular formula is C13H17ClF2. The van der Waals surface area contributed by atoms with E-state index in [9.17, 15) is 8.78 Å². The second-order valence-corrected chi connectivity index (χ2v) is 4.92. The average Bonchev–Trinajstić information content (AvgIpc) is 2.16. The Morgan fingerprint density at radius 3 is 2.19 bits per heavy atom. The van der Waals surface area contributed by atoms with Gasteiger partial charge in [0.25, 0.3) is 0 Å². The molecule has 0 nitrogen and oxygen atoms in total. The highest BCUT2D eigenvalue weighted by Gasteiger charge is 2.23. The van der Waals surface area contributed by atoms with Crippen LogP contribution in [0.25, 0.3) is 0 Å². The zero-order chi connectivity index (χ0) is 12.2. The van der Waals surface area contributed by atoms with Crippen LogP contribution in [0.3, 0.4) is 0 Å². The van der Waals surface area contributed by atoms with Crippen molar-refractivity contribution in [3.8, 4) is 0 Å². The van der Waals surface area contributed by atoms with E-state index in [0.29, 0.717) is 17.9 Å². The SMILES string of the molecule is CCCC(C)(CCl)Cc1cc(F)cc(F)c1. The molecular weight excluding hydrogens is 230 g/mol. The number of alkyl halides is 1. The Morgan fingerprint density at radius 1 is 1.19 bits per heavy atom. The fourth-order valence-corrected chi connectivity index (χ4v) is 2.24.